The van der Waals surface area contributed by atoms with E-state index in [1.807, 2.05) is 31.2 Å². The number of hydrogen-bond donors (Lipinski definition) is 1. The summed E-state index contributed by atoms with van der Waals surface area (Å²) in [7, 11) is -2.24. The maximum atomic E-state index is 12.9. The molecule has 2 heterocycles. The first-order chi connectivity index (χ1) is 13.8. The Balaban J connectivity index is 1.65. The number of sulfonamides is 1. The van der Waals surface area contributed by atoms with E-state index in [0.717, 1.165) is 11.1 Å². The number of ether oxygens (including phenoxy) is 1. The number of hydrogen-bond acceptors (Lipinski definition) is 5. The van der Waals surface area contributed by atoms with E-state index in [9.17, 15) is 13.2 Å². The van der Waals surface area contributed by atoms with Gasteiger partial charge in [0.15, 0.2) is 11.6 Å². The second-order valence-corrected chi connectivity index (χ2v) is 8.53. The molecular formula is C21H19N3O4S. The van der Waals surface area contributed by atoms with Gasteiger partial charge in [-0.15, -0.1) is 0 Å². The van der Waals surface area contributed by atoms with E-state index in [1.54, 1.807) is 25.4 Å². The lowest BCUT2D eigenvalue weighted by Gasteiger charge is -2.14. The molecule has 1 aromatic heterocycles. The van der Waals surface area contributed by atoms with Crippen molar-refractivity contribution in [2.75, 3.05) is 11.9 Å². The number of carbonyl (C=O) groups is 1. The SMILES string of the molecule is Cc1cccc(CNS(=O)(=O)c2ccc3c(c2)C(=O)N(C)c2ncccc2O3)c1. The van der Waals surface area contributed by atoms with Crippen molar-refractivity contribution in [1.29, 1.82) is 0 Å². The molecule has 0 fully saturated rings. The molecule has 1 N–H and O–H groups in total. The van der Waals surface area contributed by atoms with E-state index in [-0.39, 0.29) is 22.8 Å². The van der Waals surface area contributed by atoms with Crippen LogP contribution in [0, 0.1) is 6.92 Å². The third-order valence-electron chi connectivity index (χ3n) is 4.63. The molecule has 0 radical (unpaired) electrons. The lowest BCUT2D eigenvalue weighted by Crippen LogP contribution is -2.27. The van der Waals surface area contributed by atoms with Crippen LogP contribution in [0.15, 0.2) is 65.7 Å². The number of fused-ring (bicyclic) bond motifs is 2. The summed E-state index contributed by atoms with van der Waals surface area (Å²) >= 11 is 0. The molecule has 148 valence electrons. The lowest BCUT2D eigenvalue weighted by atomic mass is 10.1. The fraction of sp³-hybridized carbons (Fsp3) is 0.143. The molecule has 0 saturated heterocycles. The molecule has 0 aliphatic carbocycles. The number of rotatable bonds is 4. The first-order valence-electron chi connectivity index (χ1n) is 8.95. The van der Waals surface area contributed by atoms with Crippen molar-refractivity contribution in [3.63, 3.8) is 0 Å². The van der Waals surface area contributed by atoms with E-state index in [1.165, 1.54) is 23.1 Å². The molecule has 0 unspecified atom stereocenters. The Labute approximate surface area is 169 Å². The number of pyridine rings is 1. The summed E-state index contributed by atoms with van der Waals surface area (Å²) in [6.45, 7) is 2.10. The van der Waals surface area contributed by atoms with Crippen molar-refractivity contribution >= 4 is 21.7 Å². The zero-order valence-electron chi connectivity index (χ0n) is 15.9. The summed E-state index contributed by atoms with van der Waals surface area (Å²) in [6, 6.07) is 15.2. The van der Waals surface area contributed by atoms with Crippen molar-refractivity contribution in [2.45, 2.75) is 18.4 Å². The fourth-order valence-corrected chi connectivity index (χ4v) is 4.17. The monoisotopic (exact) mass is 409 g/mol. The number of nitrogens with one attached hydrogen (secondary N) is 1. The van der Waals surface area contributed by atoms with Gasteiger partial charge in [-0.25, -0.2) is 18.1 Å². The highest BCUT2D eigenvalue weighted by Crippen LogP contribution is 2.37. The Hall–Kier alpha value is -3.23. The van der Waals surface area contributed by atoms with E-state index in [2.05, 4.69) is 9.71 Å². The number of aromatic nitrogens is 1. The number of amides is 1. The van der Waals surface area contributed by atoms with Crippen LogP contribution in [0.3, 0.4) is 0 Å². The van der Waals surface area contributed by atoms with Crippen molar-refractivity contribution < 1.29 is 17.9 Å². The molecule has 0 spiro atoms. The second kappa shape index (κ2) is 7.31. The molecule has 7 nitrogen and oxygen atoms in total. The number of nitrogens with zero attached hydrogens (tertiary/aromatic N) is 2. The second-order valence-electron chi connectivity index (χ2n) is 6.76. The van der Waals surface area contributed by atoms with Crippen LogP contribution in [-0.2, 0) is 16.6 Å². The van der Waals surface area contributed by atoms with Gasteiger partial charge >= 0.3 is 0 Å². The van der Waals surface area contributed by atoms with Crippen molar-refractivity contribution in [1.82, 2.24) is 9.71 Å². The number of carbonyl (C=O) groups excluding carboxylic acids is 1. The highest BCUT2D eigenvalue weighted by Gasteiger charge is 2.28. The van der Waals surface area contributed by atoms with Gasteiger partial charge in [0.25, 0.3) is 5.91 Å². The Kier molecular flexibility index (Phi) is 4.81. The molecular weight excluding hydrogens is 390 g/mol. The number of aryl methyl sites for hydroxylation is 1. The molecule has 4 rings (SSSR count). The third kappa shape index (κ3) is 3.72. The number of anilines is 1. The van der Waals surface area contributed by atoms with Crippen molar-refractivity contribution in [2.24, 2.45) is 0 Å². The quantitative estimate of drug-likeness (QED) is 0.715. The van der Waals surface area contributed by atoms with E-state index in [0.29, 0.717) is 11.6 Å². The third-order valence-corrected chi connectivity index (χ3v) is 6.03. The predicted molar refractivity (Wildman–Crippen MR) is 109 cm³/mol. The lowest BCUT2D eigenvalue weighted by molar-refractivity contribution is 0.0992. The van der Waals surface area contributed by atoms with Gasteiger partial charge in [-0.1, -0.05) is 29.8 Å². The van der Waals surface area contributed by atoms with Crippen molar-refractivity contribution in [3.8, 4) is 11.5 Å². The van der Waals surface area contributed by atoms with Gasteiger partial charge in [0.1, 0.15) is 5.75 Å². The average molecular weight is 409 g/mol. The van der Waals surface area contributed by atoms with Gasteiger partial charge in [-0.3, -0.25) is 9.69 Å². The Morgan fingerprint density at radius 3 is 2.69 bits per heavy atom. The summed E-state index contributed by atoms with van der Waals surface area (Å²) in [5, 5.41) is 0. The highest BCUT2D eigenvalue weighted by atomic mass is 32.2. The molecule has 8 heteroatoms. The zero-order chi connectivity index (χ0) is 20.6. The van der Waals surface area contributed by atoms with E-state index < -0.39 is 15.9 Å². The van der Waals surface area contributed by atoms with Gasteiger partial charge in [0.2, 0.25) is 10.0 Å². The number of benzene rings is 2. The Bertz CT molecular complexity index is 1210. The summed E-state index contributed by atoms with van der Waals surface area (Å²) in [5.41, 5.74) is 2.05. The van der Waals surface area contributed by atoms with E-state index in [4.69, 9.17) is 4.74 Å². The molecule has 1 amide bonds. The van der Waals surface area contributed by atoms with Crippen LogP contribution in [0.4, 0.5) is 5.82 Å². The van der Waals surface area contributed by atoms with Crippen LogP contribution in [0.5, 0.6) is 11.5 Å². The van der Waals surface area contributed by atoms with Gasteiger partial charge in [-0.2, -0.15) is 0 Å². The molecule has 0 saturated carbocycles. The van der Waals surface area contributed by atoms with Crippen LogP contribution >= 0.6 is 0 Å². The van der Waals surface area contributed by atoms with Crippen LogP contribution in [0.1, 0.15) is 21.5 Å². The summed E-state index contributed by atoms with van der Waals surface area (Å²) < 4.78 is 34.0. The van der Waals surface area contributed by atoms with Crippen LogP contribution in [0.2, 0.25) is 0 Å². The minimum Gasteiger partial charge on any atom is -0.453 e. The van der Waals surface area contributed by atoms with Gasteiger partial charge < -0.3 is 4.74 Å². The first-order valence-corrected chi connectivity index (χ1v) is 10.4. The molecule has 29 heavy (non-hydrogen) atoms. The Morgan fingerprint density at radius 2 is 1.90 bits per heavy atom. The Morgan fingerprint density at radius 1 is 1.07 bits per heavy atom. The van der Waals surface area contributed by atoms with Gasteiger partial charge in [0.05, 0.1) is 10.5 Å². The zero-order valence-corrected chi connectivity index (χ0v) is 16.7. The van der Waals surface area contributed by atoms with Gasteiger partial charge in [0, 0.05) is 19.8 Å². The smallest absolute Gasteiger partial charge is 0.263 e. The predicted octanol–water partition coefficient (Wildman–Crippen LogP) is 3.25. The molecule has 1 aliphatic heterocycles. The van der Waals surface area contributed by atoms with Crippen LogP contribution < -0.4 is 14.4 Å². The summed E-state index contributed by atoms with van der Waals surface area (Å²) in [5.74, 6) is 0.686. The standard InChI is InChI=1S/C21H19N3O4S/c1-14-5-3-6-15(11-14)13-23-29(26,27)16-8-9-18-17(12-16)21(25)24(2)20-19(28-18)7-4-10-22-20/h3-12,23H,13H2,1-2H3. The van der Waals surface area contributed by atoms with Crippen molar-refractivity contribution in [3.05, 3.63) is 77.5 Å². The molecule has 2 aromatic carbocycles. The molecule has 0 atom stereocenters. The molecule has 0 bridgehead atoms. The minimum atomic E-state index is -3.82. The summed E-state index contributed by atoms with van der Waals surface area (Å²) in [6.07, 6.45) is 1.56. The van der Waals surface area contributed by atoms with Crippen LogP contribution in [-0.4, -0.2) is 26.4 Å². The largest absolute Gasteiger partial charge is 0.453 e. The van der Waals surface area contributed by atoms with E-state index >= 15 is 0 Å². The topological polar surface area (TPSA) is 88.6 Å². The molecule has 1 aliphatic rings. The average Bonchev–Trinajstić information content (AvgIpc) is 2.81. The maximum absolute atomic E-state index is 12.9. The van der Waals surface area contributed by atoms with Crippen LogP contribution in [0.25, 0.3) is 0 Å². The maximum Gasteiger partial charge on any atom is 0.263 e. The van der Waals surface area contributed by atoms with Gasteiger partial charge in [-0.05, 0) is 42.8 Å². The normalized spacial score (nSPS) is 13.3. The first kappa shape index (κ1) is 19.1. The fourth-order valence-electron chi connectivity index (χ4n) is 3.13. The molecule has 3 aromatic rings. The summed E-state index contributed by atoms with van der Waals surface area (Å²) in [4.78, 5) is 18.4. The minimum absolute atomic E-state index is 0.00633. The highest BCUT2D eigenvalue weighted by molar-refractivity contribution is 7.89.